The van der Waals surface area contributed by atoms with E-state index < -0.39 is 0 Å². The average molecular weight is 242 g/mol. The zero-order valence-corrected chi connectivity index (χ0v) is 10.8. The van der Waals surface area contributed by atoms with Crippen LogP contribution < -0.4 is 5.32 Å². The second-order valence-corrected chi connectivity index (χ2v) is 4.51. The van der Waals surface area contributed by atoms with Crippen LogP contribution in [-0.2, 0) is 13.1 Å². The fourth-order valence-electron chi connectivity index (χ4n) is 1.88. The third-order valence-electron chi connectivity index (χ3n) is 2.79. The molecule has 2 rings (SSSR count). The number of benzene rings is 1. The maximum atomic E-state index is 9.67. The molecule has 0 saturated heterocycles. The van der Waals surface area contributed by atoms with Gasteiger partial charge in [0.05, 0.1) is 5.69 Å². The maximum absolute atomic E-state index is 9.67. The van der Waals surface area contributed by atoms with Crippen LogP contribution in [0.5, 0.6) is 5.75 Å². The van der Waals surface area contributed by atoms with Crippen molar-refractivity contribution in [2.75, 3.05) is 0 Å². The Bertz CT molecular complexity index is 538. The Kier molecular flexibility index (Phi) is 3.95. The smallest absolute Gasteiger partial charge is 0.138 e. The third kappa shape index (κ3) is 3.31. The number of nitrogens with one attached hydrogen (secondary N) is 1. The zero-order valence-electron chi connectivity index (χ0n) is 10.8. The molecule has 0 atom stereocenters. The van der Waals surface area contributed by atoms with Crippen molar-refractivity contribution in [3.05, 3.63) is 58.9 Å². The van der Waals surface area contributed by atoms with Crippen LogP contribution in [0.15, 0.2) is 36.4 Å². The summed E-state index contributed by atoms with van der Waals surface area (Å²) >= 11 is 0. The molecule has 1 aromatic carbocycles. The Labute approximate surface area is 108 Å². The number of aromatic hydroxyl groups is 1. The van der Waals surface area contributed by atoms with Crippen molar-refractivity contribution in [2.24, 2.45) is 0 Å². The summed E-state index contributed by atoms with van der Waals surface area (Å²) in [7, 11) is 0. The number of pyridine rings is 1. The Hall–Kier alpha value is -1.87. The van der Waals surface area contributed by atoms with Crippen LogP contribution in [0.4, 0.5) is 0 Å². The van der Waals surface area contributed by atoms with Gasteiger partial charge in [0.1, 0.15) is 5.75 Å². The van der Waals surface area contributed by atoms with E-state index in [1.807, 2.05) is 6.92 Å². The predicted octanol–water partition coefficient (Wildman–Crippen LogP) is 2.69. The van der Waals surface area contributed by atoms with E-state index in [0.717, 1.165) is 12.2 Å². The van der Waals surface area contributed by atoms with Crippen molar-refractivity contribution >= 4 is 0 Å². The van der Waals surface area contributed by atoms with Crippen LogP contribution in [0.25, 0.3) is 0 Å². The normalized spacial score (nSPS) is 10.6. The summed E-state index contributed by atoms with van der Waals surface area (Å²) in [6, 6.07) is 11.9. The zero-order chi connectivity index (χ0) is 13.0. The highest BCUT2D eigenvalue weighted by Crippen LogP contribution is 2.14. The van der Waals surface area contributed by atoms with E-state index in [2.05, 4.69) is 41.5 Å². The van der Waals surface area contributed by atoms with E-state index in [-0.39, 0.29) is 5.75 Å². The molecule has 0 aliphatic heterocycles. The minimum Gasteiger partial charge on any atom is -0.506 e. The Balaban J connectivity index is 1.94. The number of hydrogen-bond acceptors (Lipinski definition) is 3. The molecule has 0 saturated carbocycles. The van der Waals surface area contributed by atoms with Crippen LogP contribution in [0.2, 0.25) is 0 Å². The molecule has 94 valence electrons. The second kappa shape index (κ2) is 5.65. The first-order valence-electron chi connectivity index (χ1n) is 6.07. The molecule has 0 spiro atoms. The van der Waals surface area contributed by atoms with Crippen molar-refractivity contribution in [2.45, 2.75) is 26.9 Å². The summed E-state index contributed by atoms with van der Waals surface area (Å²) in [5, 5.41) is 13.0. The van der Waals surface area contributed by atoms with Gasteiger partial charge in [0.25, 0.3) is 0 Å². The van der Waals surface area contributed by atoms with Gasteiger partial charge in [0, 0.05) is 18.8 Å². The van der Waals surface area contributed by atoms with E-state index in [1.54, 1.807) is 12.1 Å². The van der Waals surface area contributed by atoms with Gasteiger partial charge < -0.3 is 10.4 Å². The SMILES string of the molecule is Cc1cccc(CNCc2nc(C)ccc2O)c1. The van der Waals surface area contributed by atoms with Crippen molar-refractivity contribution < 1.29 is 5.11 Å². The number of rotatable bonds is 4. The van der Waals surface area contributed by atoms with Crippen LogP contribution in [0, 0.1) is 13.8 Å². The first-order valence-corrected chi connectivity index (χ1v) is 6.07. The minimum atomic E-state index is 0.248. The monoisotopic (exact) mass is 242 g/mol. The van der Waals surface area contributed by atoms with Gasteiger partial charge in [0.15, 0.2) is 0 Å². The van der Waals surface area contributed by atoms with E-state index in [0.29, 0.717) is 12.2 Å². The van der Waals surface area contributed by atoms with Gasteiger partial charge in [-0.2, -0.15) is 0 Å². The summed E-state index contributed by atoms with van der Waals surface area (Å²) in [5.74, 6) is 0.248. The highest BCUT2D eigenvalue weighted by molar-refractivity contribution is 5.27. The first-order chi connectivity index (χ1) is 8.65. The van der Waals surface area contributed by atoms with Gasteiger partial charge in [-0.15, -0.1) is 0 Å². The lowest BCUT2D eigenvalue weighted by Gasteiger charge is -2.07. The van der Waals surface area contributed by atoms with Crippen molar-refractivity contribution in [1.82, 2.24) is 10.3 Å². The summed E-state index contributed by atoms with van der Waals surface area (Å²) < 4.78 is 0. The van der Waals surface area contributed by atoms with Crippen LogP contribution in [0.3, 0.4) is 0 Å². The molecule has 2 N–H and O–H groups in total. The van der Waals surface area contributed by atoms with Gasteiger partial charge in [0.2, 0.25) is 0 Å². The minimum absolute atomic E-state index is 0.248. The Morgan fingerprint density at radius 3 is 2.72 bits per heavy atom. The lowest BCUT2D eigenvalue weighted by Crippen LogP contribution is -2.14. The summed E-state index contributed by atoms with van der Waals surface area (Å²) in [6.45, 7) is 5.35. The molecule has 1 heterocycles. The van der Waals surface area contributed by atoms with Crippen molar-refractivity contribution in [1.29, 1.82) is 0 Å². The topological polar surface area (TPSA) is 45.2 Å². The highest BCUT2D eigenvalue weighted by Gasteiger charge is 2.02. The Morgan fingerprint density at radius 2 is 1.94 bits per heavy atom. The molecule has 18 heavy (non-hydrogen) atoms. The summed E-state index contributed by atoms with van der Waals surface area (Å²) in [5.41, 5.74) is 4.11. The largest absolute Gasteiger partial charge is 0.506 e. The summed E-state index contributed by atoms with van der Waals surface area (Å²) in [4.78, 5) is 4.31. The van der Waals surface area contributed by atoms with Crippen LogP contribution >= 0.6 is 0 Å². The first kappa shape index (κ1) is 12.6. The van der Waals surface area contributed by atoms with Crippen molar-refractivity contribution in [3.63, 3.8) is 0 Å². The predicted molar refractivity (Wildman–Crippen MR) is 72.4 cm³/mol. The van der Waals surface area contributed by atoms with E-state index in [1.165, 1.54) is 11.1 Å². The number of aromatic nitrogens is 1. The highest BCUT2D eigenvalue weighted by atomic mass is 16.3. The molecule has 0 bridgehead atoms. The molecule has 3 nitrogen and oxygen atoms in total. The molecular weight excluding hydrogens is 224 g/mol. The van der Waals surface area contributed by atoms with Gasteiger partial charge in [-0.1, -0.05) is 29.8 Å². The molecule has 1 aromatic heterocycles. The van der Waals surface area contributed by atoms with Gasteiger partial charge >= 0.3 is 0 Å². The third-order valence-corrected chi connectivity index (χ3v) is 2.79. The van der Waals surface area contributed by atoms with E-state index >= 15 is 0 Å². The van der Waals surface area contributed by atoms with E-state index in [4.69, 9.17) is 0 Å². The number of aryl methyl sites for hydroxylation is 2. The second-order valence-electron chi connectivity index (χ2n) is 4.51. The van der Waals surface area contributed by atoms with Gasteiger partial charge in [-0.3, -0.25) is 4.98 Å². The molecule has 2 aromatic rings. The molecule has 0 aliphatic carbocycles. The van der Waals surface area contributed by atoms with E-state index in [9.17, 15) is 5.11 Å². The lowest BCUT2D eigenvalue weighted by molar-refractivity contribution is 0.459. The fraction of sp³-hybridized carbons (Fsp3) is 0.267. The van der Waals surface area contributed by atoms with Gasteiger partial charge in [-0.05, 0) is 31.5 Å². The summed E-state index contributed by atoms with van der Waals surface area (Å²) in [6.07, 6.45) is 0. The molecule has 0 fully saturated rings. The standard InChI is InChI=1S/C15H18N2O/c1-11-4-3-5-13(8-11)9-16-10-14-15(18)7-6-12(2)17-14/h3-8,16,18H,9-10H2,1-2H3. The van der Waals surface area contributed by atoms with Crippen molar-refractivity contribution in [3.8, 4) is 5.75 Å². The molecular formula is C15H18N2O. The fourth-order valence-corrected chi connectivity index (χ4v) is 1.88. The molecule has 0 aliphatic rings. The lowest BCUT2D eigenvalue weighted by atomic mass is 10.1. The molecule has 0 radical (unpaired) electrons. The van der Waals surface area contributed by atoms with Gasteiger partial charge in [-0.25, -0.2) is 0 Å². The number of hydrogen-bond donors (Lipinski definition) is 2. The quantitative estimate of drug-likeness (QED) is 0.866. The maximum Gasteiger partial charge on any atom is 0.138 e. The average Bonchev–Trinajstić information content (AvgIpc) is 2.34. The molecule has 3 heteroatoms. The molecule has 0 amide bonds. The number of nitrogens with zero attached hydrogens (tertiary/aromatic N) is 1. The van der Waals surface area contributed by atoms with Crippen LogP contribution in [0.1, 0.15) is 22.5 Å². The Morgan fingerprint density at radius 1 is 1.11 bits per heavy atom. The van der Waals surface area contributed by atoms with Crippen LogP contribution in [-0.4, -0.2) is 10.1 Å². The molecule has 0 unspecified atom stereocenters.